The number of hydroxylamine groups is 1. The van der Waals surface area contributed by atoms with Crippen molar-refractivity contribution in [3.05, 3.63) is 54.4 Å². The monoisotopic (exact) mass is 349 g/mol. The predicted molar refractivity (Wildman–Crippen MR) is 90.0 cm³/mol. The first-order chi connectivity index (χ1) is 11.4. The normalized spacial score (nSPS) is 11.5. The Morgan fingerprint density at radius 1 is 1.25 bits per heavy atom. The van der Waals surface area contributed by atoms with Crippen LogP contribution in [-0.4, -0.2) is 44.5 Å². The van der Waals surface area contributed by atoms with E-state index in [9.17, 15) is 13.2 Å². The number of nitrogens with zero attached hydrogens (tertiary/aromatic N) is 3. The summed E-state index contributed by atoms with van der Waals surface area (Å²) in [6, 6.07) is 9.37. The fraction of sp³-hybridized carbons (Fsp3) is 0.250. The molecule has 0 aliphatic rings. The van der Waals surface area contributed by atoms with Crippen LogP contribution in [0.2, 0.25) is 0 Å². The lowest BCUT2D eigenvalue weighted by Crippen LogP contribution is -2.31. The Kier molecular flexibility index (Phi) is 5.66. The highest BCUT2D eigenvalue weighted by molar-refractivity contribution is 7.89. The molecular weight excluding hydrogens is 330 g/mol. The van der Waals surface area contributed by atoms with Gasteiger partial charge in [0.1, 0.15) is 0 Å². The number of hydrogen-bond donors (Lipinski definition) is 0. The minimum atomic E-state index is -3.81. The van der Waals surface area contributed by atoms with Crippen molar-refractivity contribution in [3.63, 3.8) is 0 Å². The molecule has 1 aromatic heterocycles. The Morgan fingerprint density at radius 3 is 2.58 bits per heavy atom. The van der Waals surface area contributed by atoms with Crippen LogP contribution in [-0.2, 0) is 14.9 Å². The van der Waals surface area contributed by atoms with E-state index in [1.165, 1.54) is 37.3 Å². The van der Waals surface area contributed by atoms with Crippen molar-refractivity contribution < 1.29 is 18.0 Å². The average molecular weight is 349 g/mol. The summed E-state index contributed by atoms with van der Waals surface area (Å²) in [6.07, 6.45) is 3.20. The number of anilines is 1. The summed E-state index contributed by atoms with van der Waals surface area (Å²) in [7, 11) is -1.27. The minimum Gasteiger partial charge on any atom is -0.307 e. The van der Waals surface area contributed by atoms with Crippen LogP contribution in [0.4, 0.5) is 5.69 Å². The van der Waals surface area contributed by atoms with Crippen LogP contribution < -0.4 is 4.90 Å². The molecule has 0 saturated heterocycles. The van der Waals surface area contributed by atoms with Crippen LogP contribution in [0.15, 0.2) is 53.7 Å². The van der Waals surface area contributed by atoms with Gasteiger partial charge in [-0.1, -0.05) is 10.5 Å². The van der Waals surface area contributed by atoms with Gasteiger partial charge in [0.2, 0.25) is 0 Å². The molecule has 0 aliphatic carbocycles. The largest absolute Gasteiger partial charge is 0.307 e. The molecule has 0 bridgehead atoms. The third-order valence-electron chi connectivity index (χ3n) is 3.49. The molecule has 128 valence electrons. The van der Waals surface area contributed by atoms with Crippen LogP contribution in [0.5, 0.6) is 0 Å². The second-order valence-electron chi connectivity index (χ2n) is 4.89. The Bertz CT molecular complexity index is 809. The van der Waals surface area contributed by atoms with Crippen molar-refractivity contribution >= 4 is 21.6 Å². The van der Waals surface area contributed by atoms with E-state index in [2.05, 4.69) is 4.98 Å². The van der Waals surface area contributed by atoms with Crippen molar-refractivity contribution in [2.45, 2.75) is 11.8 Å². The lowest BCUT2D eigenvalue weighted by atomic mass is 10.2. The van der Waals surface area contributed by atoms with E-state index in [0.29, 0.717) is 12.2 Å². The first kappa shape index (κ1) is 18.1. The summed E-state index contributed by atoms with van der Waals surface area (Å²) in [5.41, 5.74) is 0.915. The molecule has 0 atom stereocenters. The first-order valence-corrected chi connectivity index (χ1v) is 8.70. The summed E-state index contributed by atoms with van der Waals surface area (Å²) in [4.78, 5) is 23.0. The van der Waals surface area contributed by atoms with Gasteiger partial charge >= 0.3 is 0 Å². The van der Waals surface area contributed by atoms with E-state index >= 15 is 0 Å². The smallest absolute Gasteiger partial charge is 0.264 e. The molecule has 0 N–H and O–H groups in total. The molecule has 0 radical (unpaired) electrons. The zero-order chi connectivity index (χ0) is 17.7. The molecule has 24 heavy (non-hydrogen) atoms. The average Bonchev–Trinajstić information content (AvgIpc) is 2.62. The molecule has 2 aromatic rings. The van der Waals surface area contributed by atoms with E-state index in [1.807, 2.05) is 6.92 Å². The van der Waals surface area contributed by atoms with Gasteiger partial charge in [0.05, 0.1) is 23.9 Å². The molecule has 0 fully saturated rings. The molecule has 1 heterocycles. The second kappa shape index (κ2) is 7.52. The number of pyridine rings is 1. The zero-order valence-corrected chi connectivity index (χ0v) is 14.5. The number of carbonyl (C=O) groups excluding carboxylic acids is 1. The zero-order valence-electron chi connectivity index (χ0n) is 13.7. The summed E-state index contributed by atoms with van der Waals surface area (Å²) >= 11 is 0. The Balaban J connectivity index is 2.39. The number of hydrogen-bond acceptors (Lipinski definition) is 5. The number of benzene rings is 1. The molecule has 1 aromatic carbocycles. The summed E-state index contributed by atoms with van der Waals surface area (Å²) in [5, 5.41) is 0. The topological polar surface area (TPSA) is 79.8 Å². The third kappa shape index (κ3) is 3.61. The Hall–Kier alpha value is -2.29. The number of aromatic nitrogens is 1. The second-order valence-corrected chi connectivity index (χ2v) is 6.82. The highest BCUT2D eigenvalue weighted by Crippen LogP contribution is 2.20. The fourth-order valence-electron chi connectivity index (χ4n) is 2.15. The number of sulfonamides is 1. The molecule has 7 nitrogen and oxygen atoms in total. The SMILES string of the molecule is CCN(C(=O)c1cccc(S(=O)(=O)N(C)OC)c1)c1cccnc1. The maximum absolute atomic E-state index is 12.8. The maximum Gasteiger partial charge on any atom is 0.264 e. The molecule has 8 heteroatoms. The highest BCUT2D eigenvalue weighted by atomic mass is 32.2. The van der Waals surface area contributed by atoms with E-state index < -0.39 is 10.0 Å². The Morgan fingerprint density at radius 2 is 2.00 bits per heavy atom. The maximum atomic E-state index is 12.8. The lowest BCUT2D eigenvalue weighted by Gasteiger charge is -2.21. The van der Waals surface area contributed by atoms with Crippen LogP contribution in [0.25, 0.3) is 0 Å². The molecule has 0 unspecified atom stereocenters. The van der Waals surface area contributed by atoms with Crippen molar-refractivity contribution in [2.75, 3.05) is 25.6 Å². The molecule has 0 aliphatic heterocycles. The van der Waals surface area contributed by atoms with Gasteiger partial charge in [-0.3, -0.25) is 14.6 Å². The molecule has 2 rings (SSSR count). The molecule has 1 amide bonds. The lowest BCUT2D eigenvalue weighted by molar-refractivity contribution is -0.0258. The van der Waals surface area contributed by atoms with Crippen LogP contribution >= 0.6 is 0 Å². The van der Waals surface area contributed by atoms with Crippen LogP contribution in [0.1, 0.15) is 17.3 Å². The number of rotatable bonds is 6. The van der Waals surface area contributed by atoms with Crippen molar-refractivity contribution in [2.24, 2.45) is 0 Å². The van der Waals surface area contributed by atoms with Crippen LogP contribution in [0, 0.1) is 0 Å². The molecule has 0 saturated carbocycles. The van der Waals surface area contributed by atoms with Gasteiger partial charge in [-0.2, -0.15) is 0 Å². The third-order valence-corrected chi connectivity index (χ3v) is 5.17. The van der Waals surface area contributed by atoms with Gasteiger partial charge in [-0.05, 0) is 37.3 Å². The van der Waals surface area contributed by atoms with E-state index in [-0.39, 0.29) is 16.4 Å². The van der Waals surface area contributed by atoms with Gasteiger partial charge in [0, 0.05) is 25.4 Å². The molecular formula is C16H19N3O4S. The molecule has 0 spiro atoms. The van der Waals surface area contributed by atoms with E-state index in [1.54, 1.807) is 30.6 Å². The van der Waals surface area contributed by atoms with Gasteiger partial charge in [0.25, 0.3) is 15.9 Å². The summed E-state index contributed by atoms with van der Waals surface area (Å²) in [6.45, 7) is 2.27. The van der Waals surface area contributed by atoms with Crippen molar-refractivity contribution in [3.8, 4) is 0 Å². The van der Waals surface area contributed by atoms with Gasteiger partial charge in [-0.15, -0.1) is 0 Å². The standard InChI is InChI=1S/C16H19N3O4S/c1-4-19(14-8-6-10-17-12-14)16(20)13-7-5-9-15(11-13)24(21,22)18(2)23-3/h5-12H,4H2,1-3H3. The van der Waals surface area contributed by atoms with Gasteiger partial charge in [-0.25, -0.2) is 8.42 Å². The number of carbonyl (C=O) groups is 1. The predicted octanol–water partition coefficient (Wildman–Crippen LogP) is 1.93. The van der Waals surface area contributed by atoms with E-state index in [4.69, 9.17) is 4.84 Å². The van der Waals surface area contributed by atoms with Crippen LogP contribution in [0.3, 0.4) is 0 Å². The summed E-state index contributed by atoms with van der Waals surface area (Å²) in [5.74, 6) is -0.303. The Labute approximate surface area is 141 Å². The van der Waals surface area contributed by atoms with Gasteiger partial charge in [0.15, 0.2) is 0 Å². The minimum absolute atomic E-state index is 0.0139. The quantitative estimate of drug-likeness (QED) is 0.745. The highest BCUT2D eigenvalue weighted by Gasteiger charge is 2.23. The van der Waals surface area contributed by atoms with Crippen molar-refractivity contribution in [1.29, 1.82) is 0 Å². The van der Waals surface area contributed by atoms with E-state index in [0.717, 1.165) is 4.47 Å². The number of amides is 1. The van der Waals surface area contributed by atoms with Gasteiger partial charge < -0.3 is 4.90 Å². The van der Waals surface area contributed by atoms with Crippen molar-refractivity contribution in [1.82, 2.24) is 9.45 Å². The fourth-order valence-corrected chi connectivity index (χ4v) is 3.17. The summed E-state index contributed by atoms with van der Waals surface area (Å²) < 4.78 is 25.4. The first-order valence-electron chi connectivity index (χ1n) is 7.26.